The molecule has 1 radical (unpaired) electrons. The van der Waals surface area contributed by atoms with Crippen LogP contribution >= 0.6 is 0 Å². The molecule has 0 saturated carbocycles. The van der Waals surface area contributed by atoms with Crippen molar-refractivity contribution in [3.63, 3.8) is 0 Å². The Morgan fingerprint density at radius 1 is 1.00 bits per heavy atom. The molecule has 5 heteroatoms. The molecule has 1 aromatic carbocycles. The van der Waals surface area contributed by atoms with Gasteiger partial charge < -0.3 is 9.68 Å². The molecular weight excluding hydrogens is 275 g/mol. The number of nitrogens with zero attached hydrogens (tertiary/aromatic N) is 2. The molecule has 1 N–H and O–H groups in total. The summed E-state index contributed by atoms with van der Waals surface area (Å²) in [4.78, 5) is 4.03. The Kier molecular flexibility index (Phi) is 4.46. The molecule has 0 spiro atoms. The van der Waals surface area contributed by atoms with Gasteiger partial charge in [-0.1, -0.05) is 12.1 Å². The van der Waals surface area contributed by atoms with Gasteiger partial charge in [0.1, 0.15) is 5.75 Å². The first-order valence-electron chi connectivity index (χ1n) is 6.96. The average molecular weight is 290 g/mol. The minimum absolute atomic E-state index is 0.619. The summed E-state index contributed by atoms with van der Waals surface area (Å²) < 4.78 is 7.07. The Labute approximate surface area is 130 Å². The smallest absolute Gasteiger partial charge is 0.537 e. The first kappa shape index (κ1) is 14.3. The highest BCUT2D eigenvalue weighted by molar-refractivity contribution is 6.17. The predicted octanol–water partition coefficient (Wildman–Crippen LogP) is 1.99. The fourth-order valence-electron chi connectivity index (χ4n) is 2.29. The van der Waals surface area contributed by atoms with E-state index in [9.17, 15) is 0 Å². The van der Waals surface area contributed by atoms with Crippen LogP contribution in [0.15, 0.2) is 73.3 Å². The van der Waals surface area contributed by atoms with Crippen LogP contribution in [0.25, 0.3) is 11.1 Å². The van der Waals surface area contributed by atoms with Crippen molar-refractivity contribution in [1.29, 1.82) is 0 Å². The van der Waals surface area contributed by atoms with Gasteiger partial charge in [-0.25, -0.2) is 4.57 Å². The zero-order valence-corrected chi connectivity index (χ0v) is 12.0. The molecule has 0 amide bonds. The minimum Gasteiger partial charge on any atom is -0.537 e. The molecule has 0 aliphatic rings. The van der Waals surface area contributed by atoms with Crippen LogP contribution in [0.4, 0.5) is 0 Å². The summed E-state index contributed by atoms with van der Waals surface area (Å²) in [5.41, 5.74) is 3.41. The first-order chi connectivity index (χ1) is 10.8. The minimum atomic E-state index is 0.619. The molecule has 3 aromatic rings. The molecule has 107 valence electrons. The van der Waals surface area contributed by atoms with Crippen molar-refractivity contribution >= 4 is 7.69 Å². The van der Waals surface area contributed by atoms with E-state index in [0.717, 1.165) is 23.2 Å². The lowest BCUT2D eigenvalue weighted by Crippen LogP contribution is -2.33. The summed E-state index contributed by atoms with van der Waals surface area (Å²) in [6.07, 6.45) is 7.67. The quantitative estimate of drug-likeness (QED) is 0.577. The lowest BCUT2D eigenvalue weighted by Gasteiger charge is -2.04. The molecule has 2 aromatic heterocycles. The van der Waals surface area contributed by atoms with Gasteiger partial charge in [-0.15, -0.1) is 0 Å². The van der Waals surface area contributed by atoms with Crippen molar-refractivity contribution in [2.75, 3.05) is 0 Å². The zero-order valence-electron chi connectivity index (χ0n) is 12.0. The number of hydrogen-bond donors (Lipinski definition) is 1. The maximum atomic E-state index is 8.68. The Balaban J connectivity index is 1.75. The molecule has 22 heavy (non-hydrogen) atoms. The van der Waals surface area contributed by atoms with Crippen molar-refractivity contribution < 1.29 is 14.2 Å². The number of pyridine rings is 2. The third-order valence-corrected chi connectivity index (χ3v) is 3.36. The highest BCUT2D eigenvalue weighted by Gasteiger charge is 2.05. The summed E-state index contributed by atoms with van der Waals surface area (Å²) >= 11 is 0. The third kappa shape index (κ3) is 3.51. The van der Waals surface area contributed by atoms with Crippen LogP contribution in [0.2, 0.25) is 0 Å². The monoisotopic (exact) mass is 290 g/mol. The Bertz CT molecular complexity index is 733. The molecular formula is C17H15BN2O2+. The SMILES string of the molecule is O[B]Oc1cccc(C[n+]2ccc(-c3ccncc3)cc2)c1. The number of aromatic nitrogens is 2. The molecule has 0 atom stereocenters. The van der Waals surface area contributed by atoms with Crippen LogP contribution in [0, 0.1) is 0 Å². The van der Waals surface area contributed by atoms with Crippen LogP contribution in [0.3, 0.4) is 0 Å². The van der Waals surface area contributed by atoms with Crippen LogP contribution in [0.5, 0.6) is 5.75 Å². The second-order valence-corrected chi connectivity index (χ2v) is 4.87. The topological polar surface area (TPSA) is 46.2 Å². The zero-order chi connectivity index (χ0) is 15.2. The van der Waals surface area contributed by atoms with Gasteiger partial charge in [0.05, 0.1) is 0 Å². The molecule has 3 rings (SSSR count). The van der Waals surface area contributed by atoms with Crippen LogP contribution in [0.1, 0.15) is 5.56 Å². The number of rotatable bonds is 5. The number of benzene rings is 1. The maximum Gasteiger partial charge on any atom is 0.569 e. The first-order valence-corrected chi connectivity index (χ1v) is 6.96. The van der Waals surface area contributed by atoms with E-state index in [-0.39, 0.29) is 0 Å². The van der Waals surface area contributed by atoms with E-state index in [4.69, 9.17) is 9.68 Å². The highest BCUT2D eigenvalue weighted by Crippen LogP contribution is 2.16. The number of hydrogen-bond acceptors (Lipinski definition) is 3. The van der Waals surface area contributed by atoms with Crippen molar-refractivity contribution in [3.8, 4) is 16.9 Å². The summed E-state index contributed by atoms with van der Waals surface area (Å²) in [5, 5.41) is 8.68. The second kappa shape index (κ2) is 6.87. The molecule has 0 bridgehead atoms. The van der Waals surface area contributed by atoms with Crippen LogP contribution < -0.4 is 9.22 Å². The fraction of sp³-hybridized carbons (Fsp3) is 0.0588. The molecule has 0 saturated heterocycles. The van der Waals surface area contributed by atoms with Gasteiger partial charge in [-0.2, -0.15) is 0 Å². The third-order valence-electron chi connectivity index (χ3n) is 3.36. The summed E-state index contributed by atoms with van der Waals surface area (Å²) in [7, 11) is 0.690. The molecule has 4 nitrogen and oxygen atoms in total. The molecule has 0 aliphatic carbocycles. The average Bonchev–Trinajstić information content (AvgIpc) is 2.57. The van der Waals surface area contributed by atoms with E-state index < -0.39 is 0 Å². The van der Waals surface area contributed by atoms with E-state index in [1.54, 1.807) is 18.5 Å². The summed E-state index contributed by atoms with van der Waals surface area (Å²) in [6, 6.07) is 15.8. The van der Waals surface area contributed by atoms with Gasteiger partial charge in [-0.3, -0.25) is 4.98 Å². The Morgan fingerprint density at radius 2 is 1.73 bits per heavy atom. The van der Waals surface area contributed by atoms with E-state index in [1.807, 2.05) is 42.7 Å². The van der Waals surface area contributed by atoms with Crippen molar-refractivity contribution in [3.05, 3.63) is 78.9 Å². The Morgan fingerprint density at radius 3 is 2.45 bits per heavy atom. The van der Waals surface area contributed by atoms with E-state index in [0.29, 0.717) is 13.4 Å². The van der Waals surface area contributed by atoms with Gasteiger partial charge in [0.15, 0.2) is 18.9 Å². The van der Waals surface area contributed by atoms with Gasteiger partial charge in [0.25, 0.3) is 0 Å². The molecule has 2 heterocycles. The maximum absolute atomic E-state index is 8.68. The largest absolute Gasteiger partial charge is 0.569 e. The highest BCUT2D eigenvalue weighted by atomic mass is 16.5. The summed E-state index contributed by atoms with van der Waals surface area (Å²) in [6.45, 7) is 0.735. The summed E-state index contributed by atoms with van der Waals surface area (Å²) in [5.74, 6) is 0.619. The molecule has 0 aliphatic heterocycles. The van der Waals surface area contributed by atoms with Gasteiger partial charge in [0.2, 0.25) is 0 Å². The predicted molar refractivity (Wildman–Crippen MR) is 84.0 cm³/mol. The molecule has 0 unspecified atom stereocenters. The lowest BCUT2D eigenvalue weighted by atomic mass is 10.1. The van der Waals surface area contributed by atoms with Gasteiger partial charge >= 0.3 is 7.69 Å². The van der Waals surface area contributed by atoms with Crippen molar-refractivity contribution in [1.82, 2.24) is 4.98 Å². The fourth-order valence-corrected chi connectivity index (χ4v) is 2.29. The second-order valence-electron chi connectivity index (χ2n) is 4.87. The van der Waals surface area contributed by atoms with E-state index in [1.165, 1.54) is 0 Å². The lowest BCUT2D eigenvalue weighted by molar-refractivity contribution is -0.688. The van der Waals surface area contributed by atoms with E-state index >= 15 is 0 Å². The van der Waals surface area contributed by atoms with Crippen molar-refractivity contribution in [2.45, 2.75) is 6.54 Å². The normalized spacial score (nSPS) is 10.2. The van der Waals surface area contributed by atoms with Gasteiger partial charge in [0, 0.05) is 30.1 Å². The molecule has 0 fully saturated rings. The standard InChI is InChI=1S/C17H15BN2O2/c21-18-22-17-3-1-2-14(12-17)13-20-10-6-16(7-11-20)15-4-8-19-9-5-15/h1-12,21H,13H2/q+1. The van der Waals surface area contributed by atoms with E-state index in [2.05, 4.69) is 21.7 Å². The van der Waals surface area contributed by atoms with Gasteiger partial charge in [-0.05, 0) is 35.4 Å². The Hall–Kier alpha value is -2.66. The van der Waals surface area contributed by atoms with Crippen LogP contribution in [-0.4, -0.2) is 17.7 Å². The van der Waals surface area contributed by atoms with Crippen molar-refractivity contribution in [2.24, 2.45) is 0 Å². The van der Waals surface area contributed by atoms with Crippen LogP contribution in [-0.2, 0) is 6.54 Å².